The second-order valence-corrected chi connectivity index (χ2v) is 5.52. The Kier molecular flexibility index (Phi) is 3.79. The molecule has 0 amide bonds. The Labute approximate surface area is 114 Å². The molecular weight excluding hydrogens is 265 g/mol. The maximum absolute atomic E-state index is 12.8. The van der Waals surface area contributed by atoms with E-state index < -0.39 is 0 Å². The van der Waals surface area contributed by atoms with E-state index >= 15 is 0 Å². The molecule has 3 rings (SSSR count). The molecule has 0 unspecified atom stereocenters. The van der Waals surface area contributed by atoms with Crippen molar-refractivity contribution < 1.29 is 14.1 Å². The average Bonchev–Trinajstić information content (AvgIpc) is 3.09. The molecule has 0 spiro atoms. The maximum atomic E-state index is 12.8. The van der Waals surface area contributed by atoms with E-state index in [9.17, 15) is 4.39 Å². The fourth-order valence-electron chi connectivity index (χ4n) is 2.15. The van der Waals surface area contributed by atoms with Crippen LogP contribution in [0.5, 0.6) is 0 Å². The molecule has 1 fully saturated rings. The topological polar surface area (TPSA) is 55.5 Å². The van der Waals surface area contributed by atoms with E-state index in [0.717, 1.165) is 24.4 Å². The number of thioether (sulfide) groups is 1. The summed E-state index contributed by atoms with van der Waals surface area (Å²) in [6.45, 7) is 1.13. The van der Waals surface area contributed by atoms with Crippen molar-refractivity contribution in [2.75, 3.05) is 6.54 Å². The van der Waals surface area contributed by atoms with Crippen molar-refractivity contribution in [3.05, 3.63) is 41.5 Å². The summed E-state index contributed by atoms with van der Waals surface area (Å²) < 4.78 is 18.4. The molecule has 2 aromatic rings. The van der Waals surface area contributed by atoms with Gasteiger partial charge in [-0.15, -0.1) is 10.2 Å². The summed E-state index contributed by atoms with van der Waals surface area (Å²) in [5.74, 6) is 1.21. The van der Waals surface area contributed by atoms with Gasteiger partial charge in [0.2, 0.25) is 0 Å². The molecule has 0 radical (unpaired) electrons. The number of benzene rings is 1. The first-order valence-corrected chi connectivity index (χ1v) is 7.34. The molecule has 2 N–H and O–H groups in total. The summed E-state index contributed by atoms with van der Waals surface area (Å²) in [5, 5.41) is 11.0. The highest BCUT2D eigenvalue weighted by atomic mass is 32.2. The Morgan fingerprint density at radius 1 is 1.32 bits per heavy atom. The smallest absolute Gasteiger partial charge is 0.277 e. The molecule has 0 saturated carbocycles. The van der Waals surface area contributed by atoms with Gasteiger partial charge in [-0.05, 0) is 17.7 Å². The third-order valence-corrected chi connectivity index (χ3v) is 4.07. The monoisotopic (exact) mass is 280 g/mol. The van der Waals surface area contributed by atoms with Gasteiger partial charge in [0, 0.05) is 18.6 Å². The van der Waals surface area contributed by atoms with Crippen molar-refractivity contribution >= 4 is 11.8 Å². The number of rotatable bonds is 4. The maximum Gasteiger partial charge on any atom is 0.277 e. The van der Waals surface area contributed by atoms with Crippen molar-refractivity contribution in [3.63, 3.8) is 0 Å². The van der Waals surface area contributed by atoms with Gasteiger partial charge in [-0.25, -0.2) is 4.39 Å². The predicted molar refractivity (Wildman–Crippen MR) is 69.0 cm³/mol. The Bertz CT molecular complexity index is 537. The standard InChI is InChI=1S/C13H14FN3OS/c14-10-5-3-9(4-6-10)8-19-13-17-16-12(18-13)11-2-1-7-15-11/h3-6,11,15H,1-2,7-8H2/p+1/t11-/m0/s1. The molecule has 1 atom stereocenters. The minimum atomic E-state index is -0.217. The van der Waals surface area contributed by atoms with Crippen molar-refractivity contribution in [2.24, 2.45) is 0 Å². The van der Waals surface area contributed by atoms with E-state index in [4.69, 9.17) is 4.42 Å². The van der Waals surface area contributed by atoms with Gasteiger partial charge < -0.3 is 9.73 Å². The lowest BCUT2D eigenvalue weighted by Crippen LogP contribution is -2.81. The van der Waals surface area contributed by atoms with E-state index in [1.807, 2.05) is 0 Å². The minimum Gasteiger partial charge on any atom is -0.410 e. The van der Waals surface area contributed by atoms with Crippen LogP contribution in [0.3, 0.4) is 0 Å². The Hall–Kier alpha value is -1.40. The Morgan fingerprint density at radius 3 is 2.89 bits per heavy atom. The molecule has 19 heavy (non-hydrogen) atoms. The number of quaternary nitrogens is 1. The molecule has 0 aliphatic carbocycles. The second kappa shape index (κ2) is 5.71. The van der Waals surface area contributed by atoms with E-state index in [0.29, 0.717) is 17.0 Å². The van der Waals surface area contributed by atoms with E-state index in [2.05, 4.69) is 15.5 Å². The van der Waals surface area contributed by atoms with E-state index in [-0.39, 0.29) is 5.82 Å². The first-order valence-electron chi connectivity index (χ1n) is 6.35. The summed E-state index contributed by atoms with van der Waals surface area (Å²) in [7, 11) is 0. The molecule has 1 aromatic carbocycles. The van der Waals surface area contributed by atoms with Gasteiger partial charge >= 0.3 is 0 Å². The third kappa shape index (κ3) is 3.13. The lowest BCUT2D eigenvalue weighted by molar-refractivity contribution is -0.678. The van der Waals surface area contributed by atoms with Gasteiger partial charge in [-0.3, -0.25) is 0 Å². The highest BCUT2D eigenvalue weighted by Gasteiger charge is 2.26. The van der Waals surface area contributed by atoms with Crippen LogP contribution in [0, 0.1) is 5.82 Å². The van der Waals surface area contributed by atoms with Gasteiger partial charge in [0.05, 0.1) is 6.54 Å². The molecule has 1 aromatic heterocycles. The number of hydrogen-bond acceptors (Lipinski definition) is 4. The van der Waals surface area contributed by atoms with Gasteiger partial charge in [-0.2, -0.15) is 0 Å². The van der Waals surface area contributed by atoms with Gasteiger partial charge in [0.1, 0.15) is 5.82 Å². The van der Waals surface area contributed by atoms with Crippen LogP contribution in [0.4, 0.5) is 4.39 Å². The fraction of sp³-hybridized carbons (Fsp3) is 0.385. The zero-order valence-electron chi connectivity index (χ0n) is 10.4. The minimum absolute atomic E-state index is 0.217. The summed E-state index contributed by atoms with van der Waals surface area (Å²) in [4.78, 5) is 0. The van der Waals surface area contributed by atoms with Crippen molar-refractivity contribution in [1.29, 1.82) is 0 Å². The molecule has 6 heteroatoms. The van der Waals surface area contributed by atoms with Crippen LogP contribution in [-0.2, 0) is 5.75 Å². The Morgan fingerprint density at radius 2 is 2.16 bits per heavy atom. The van der Waals surface area contributed by atoms with Crippen molar-refractivity contribution in [3.8, 4) is 0 Å². The fourth-order valence-corrected chi connectivity index (χ4v) is 2.88. The first-order chi connectivity index (χ1) is 9.31. The molecule has 1 aliphatic heterocycles. The number of nitrogens with zero attached hydrogens (tertiary/aromatic N) is 2. The molecule has 1 aliphatic rings. The van der Waals surface area contributed by atoms with Gasteiger partial charge in [0.15, 0.2) is 6.04 Å². The van der Waals surface area contributed by atoms with Crippen LogP contribution < -0.4 is 5.32 Å². The average molecular weight is 280 g/mol. The zero-order chi connectivity index (χ0) is 13.1. The predicted octanol–water partition coefficient (Wildman–Crippen LogP) is 1.90. The lowest BCUT2D eigenvalue weighted by Gasteiger charge is -1.99. The quantitative estimate of drug-likeness (QED) is 0.869. The van der Waals surface area contributed by atoms with Crippen LogP contribution in [0.25, 0.3) is 0 Å². The van der Waals surface area contributed by atoms with Crippen molar-refractivity contribution in [1.82, 2.24) is 10.2 Å². The largest absolute Gasteiger partial charge is 0.410 e. The SMILES string of the molecule is Fc1ccc(CSc2nnc([C@@H]3CCC[NH2+]3)o2)cc1. The van der Waals surface area contributed by atoms with Gasteiger partial charge in [-0.1, -0.05) is 23.9 Å². The molecule has 100 valence electrons. The van der Waals surface area contributed by atoms with Crippen LogP contribution in [0.1, 0.15) is 30.3 Å². The second-order valence-electron chi connectivity index (χ2n) is 4.59. The molecule has 2 heterocycles. The van der Waals surface area contributed by atoms with Crippen LogP contribution in [-0.4, -0.2) is 16.7 Å². The zero-order valence-corrected chi connectivity index (χ0v) is 11.2. The summed E-state index contributed by atoms with van der Waals surface area (Å²) in [6.07, 6.45) is 2.30. The molecule has 4 nitrogen and oxygen atoms in total. The number of nitrogens with two attached hydrogens (primary N) is 1. The first kappa shape index (κ1) is 12.6. The lowest BCUT2D eigenvalue weighted by atomic mass is 10.2. The summed E-state index contributed by atoms with van der Waals surface area (Å²) in [5.41, 5.74) is 1.04. The van der Waals surface area contributed by atoms with Crippen molar-refractivity contribution in [2.45, 2.75) is 29.9 Å². The van der Waals surface area contributed by atoms with Crippen LogP contribution in [0.15, 0.2) is 33.9 Å². The highest BCUT2D eigenvalue weighted by molar-refractivity contribution is 7.98. The summed E-state index contributed by atoms with van der Waals surface area (Å²) >= 11 is 1.48. The Balaban J connectivity index is 1.59. The molecular formula is C13H15FN3OS+. The molecule has 1 saturated heterocycles. The van der Waals surface area contributed by atoms with E-state index in [1.165, 1.54) is 30.3 Å². The van der Waals surface area contributed by atoms with Crippen LogP contribution in [0.2, 0.25) is 0 Å². The summed E-state index contributed by atoms with van der Waals surface area (Å²) in [6, 6.07) is 6.78. The van der Waals surface area contributed by atoms with E-state index in [1.54, 1.807) is 12.1 Å². The number of hydrogen-bond donors (Lipinski definition) is 1. The third-order valence-electron chi connectivity index (χ3n) is 3.19. The molecule has 0 bridgehead atoms. The van der Waals surface area contributed by atoms with Gasteiger partial charge in [0.25, 0.3) is 11.1 Å². The number of halogens is 1. The van der Waals surface area contributed by atoms with Crippen LogP contribution >= 0.6 is 11.8 Å². The highest BCUT2D eigenvalue weighted by Crippen LogP contribution is 2.24. The normalized spacial score (nSPS) is 18.9. The number of aromatic nitrogens is 2.